The van der Waals surface area contributed by atoms with Gasteiger partial charge in [0.25, 0.3) is 0 Å². The van der Waals surface area contributed by atoms with E-state index in [1.54, 1.807) is 11.3 Å². The Kier molecular flexibility index (Phi) is 3.27. The molecule has 1 aliphatic rings. The van der Waals surface area contributed by atoms with Gasteiger partial charge in [0.2, 0.25) is 0 Å². The number of nitrogens with zero attached hydrogens (tertiary/aromatic N) is 2. The zero-order valence-electron chi connectivity index (χ0n) is 9.79. The maximum atomic E-state index is 9.05. The Balaban J connectivity index is 2.05. The highest BCUT2D eigenvalue weighted by molar-refractivity contribution is 7.09. The molecule has 0 spiro atoms. The van der Waals surface area contributed by atoms with E-state index in [1.807, 2.05) is 13.8 Å². The molecule has 1 fully saturated rings. The highest BCUT2D eigenvalue weighted by Gasteiger charge is 2.24. The molecule has 1 saturated heterocycles. The number of aromatic nitrogens is 1. The molecule has 2 heterocycles. The molecule has 86 valence electrons. The van der Waals surface area contributed by atoms with Crippen LogP contribution in [0, 0.1) is 11.3 Å². The minimum absolute atomic E-state index is 0.452. The molecule has 0 amide bonds. The van der Waals surface area contributed by atoms with Crippen LogP contribution < -0.4 is 5.32 Å². The number of rotatable bonds is 3. The van der Waals surface area contributed by atoms with Crippen LogP contribution in [0.15, 0.2) is 5.38 Å². The van der Waals surface area contributed by atoms with Gasteiger partial charge in [0.1, 0.15) is 10.4 Å². The lowest BCUT2D eigenvalue weighted by atomic mass is 9.97. The number of hydrogen-bond donors (Lipinski definition) is 1. The summed E-state index contributed by atoms with van der Waals surface area (Å²) in [5.74, 6) is 0. The lowest BCUT2D eigenvalue weighted by Gasteiger charge is -2.10. The van der Waals surface area contributed by atoms with E-state index < -0.39 is 5.41 Å². The fourth-order valence-corrected chi connectivity index (χ4v) is 2.83. The topological polar surface area (TPSA) is 48.7 Å². The van der Waals surface area contributed by atoms with Crippen LogP contribution in [0.1, 0.15) is 37.4 Å². The average Bonchev–Trinajstić information content (AvgIpc) is 2.89. The molecular formula is C12H17N3S. The Bertz CT molecular complexity index is 397. The van der Waals surface area contributed by atoms with Crippen LogP contribution in [-0.2, 0) is 11.8 Å². The summed E-state index contributed by atoms with van der Waals surface area (Å²) in [4.78, 5) is 4.57. The van der Waals surface area contributed by atoms with Crippen molar-refractivity contribution in [3.8, 4) is 6.07 Å². The molecule has 1 aromatic rings. The van der Waals surface area contributed by atoms with Gasteiger partial charge in [-0.3, -0.25) is 0 Å². The molecular weight excluding hydrogens is 218 g/mol. The summed E-state index contributed by atoms with van der Waals surface area (Å²) in [5.41, 5.74) is 0.675. The van der Waals surface area contributed by atoms with Gasteiger partial charge >= 0.3 is 0 Å². The van der Waals surface area contributed by atoms with E-state index in [9.17, 15) is 0 Å². The van der Waals surface area contributed by atoms with Gasteiger partial charge in [0.05, 0.1) is 11.8 Å². The number of nitrogens with one attached hydrogen (secondary N) is 1. The maximum Gasteiger partial charge on any atom is 0.113 e. The Morgan fingerprint density at radius 3 is 3.12 bits per heavy atom. The molecule has 0 aromatic carbocycles. The molecule has 1 N–H and O–H groups in total. The van der Waals surface area contributed by atoms with Crippen LogP contribution in [0.25, 0.3) is 0 Å². The molecule has 4 heteroatoms. The van der Waals surface area contributed by atoms with Crippen molar-refractivity contribution < 1.29 is 0 Å². The first-order valence-electron chi connectivity index (χ1n) is 5.71. The second-order valence-corrected chi connectivity index (χ2v) is 5.74. The van der Waals surface area contributed by atoms with E-state index in [0.29, 0.717) is 6.04 Å². The summed E-state index contributed by atoms with van der Waals surface area (Å²) in [6, 6.07) is 2.88. The molecule has 3 nitrogen and oxygen atoms in total. The Morgan fingerprint density at radius 2 is 2.50 bits per heavy atom. The van der Waals surface area contributed by atoms with Gasteiger partial charge in [0.15, 0.2) is 0 Å². The quantitative estimate of drug-likeness (QED) is 0.874. The highest BCUT2D eigenvalue weighted by atomic mass is 32.1. The van der Waals surface area contributed by atoms with Gasteiger partial charge in [-0.05, 0) is 33.2 Å². The lowest BCUT2D eigenvalue weighted by Crippen LogP contribution is -2.24. The Hall–Kier alpha value is -0.920. The van der Waals surface area contributed by atoms with E-state index in [1.165, 1.54) is 12.8 Å². The molecule has 0 radical (unpaired) electrons. The van der Waals surface area contributed by atoms with E-state index in [4.69, 9.17) is 5.26 Å². The second-order valence-electron chi connectivity index (χ2n) is 4.88. The molecule has 2 rings (SSSR count). The third-order valence-electron chi connectivity index (χ3n) is 2.98. The van der Waals surface area contributed by atoms with Crippen molar-refractivity contribution in [2.24, 2.45) is 0 Å². The smallest absolute Gasteiger partial charge is 0.113 e. The molecule has 1 aromatic heterocycles. The van der Waals surface area contributed by atoms with Crippen LogP contribution in [0.5, 0.6) is 0 Å². The van der Waals surface area contributed by atoms with Gasteiger partial charge in [0, 0.05) is 17.8 Å². The zero-order chi connectivity index (χ0) is 11.6. The lowest BCUT2D eigenvalue weighted by molar-refractivity contribution is 0.592. The van der Waals surface area contributed by atoms with Crippen molar-refractivity contribution in [3.05, 3.63) is 16.1 Å². The Labute approximate surface area is 101 Å². The zero-order valence-corrected chi connectivity index (χ0v) is 10.6. The Morgan fingerprint density at radius 1 is 1.69 bits per heavy atom. The van der Waals surface area contributed by atoms with Crippen molar-refractivity contribution in [2.45, 2.75) is 44.6 Å². The molecule has 16 heavy (non-hydrogen) atoms. The van der Waals surface area contributed by atoms with Gasteiger partial charge in [-0.1, -0.05) is 0 Å². The van der Waals surface area contributed by atoms with E-state index in [0.717, 1.165) is 23.7 Å². The average molecular weight is 235 g/mol. The van der Waals surface area contributed by atoms with Crippen molar-refractivity contribution in [1.29, 1.82) is 5.26 Å². The summed E-state index contributed by atoms with van der Waals surface area (Å²) < 4.78 is 0. The predicted molar refractivity (Wildman–Crippen MR) is 65.5 cm³/mol. The first kappa shape index (κ1) is 11.6. The van der Waals surface area contributed by atoms with Gasteiger partial charge in [-0.15, -0.1) is 11.3 Å². The predicted octanol–water partition coefficient (Wildman–Crippen LogP) is 2.24. The largest absolute Gasteiger partial charge is 0.314 e. The summed E-state index contributed by atoms with van der Waals surface area (Å²) >= 11 is 1.60. The van der Waals surface area contributed by atoms with Crippen molar-refractivity contribution >= 4 is 11.3 Å². The van der Waals surface area contributed by atoms with Gasteiger partial charge in [-0.2, -0.15) is 5.26 Å². The fourth-order valence-electron chi connectivity index (χ4n) is 1.92. The standard InChI is InChI=1S/C12H17N3S/c1-12(2,8-13)11-15-10(7-16-11)6-9-4-3-5-14-9/h7,9,14H,3-6H2,1-2H3. The monoisotopic (exact) mass is 235 g/mol. The van der Waals surface area contributed by atoms with E-state index >= 15 is 0 Å². The van der Waals surface area contributed by atoms with E-state index in [2.05, 4.69) is 21.8 Å². The fraction of sp³-hybridized carbons (Fsp3) is 0.667. The summed E-state index contributed by atoms with van der Waals surface area (Å²) in [7, 11) is 0. The molecule has 1 atom stereocenters. The number of nitriles is 1. The van der Waals surface area contributed by atoms with Crippen LogP contribution in [0.4, 0.5) is 0 Å². The van der Waals surface area contributed by atoms with Crippen molar-refractivity contribution in [1.82, 2.24) is 10.3 Å². The van der Waals surface area contributed by atoms with Crippen molar-refractivity contribution in [2.75, 3.05) is 6.54 Å². The molecule has 0 bridgehead atoms. The maximum absolute atomic E-state index is 9.05. The summed E-state index contributed by atoms with van der Waals surface area (Å²) in [5, 5.41) is 15.5. The molecule has 0 saturated carbocycles. The second kappa shape index (κ2) is 4.52. The molecule has 1 aliphatic heterocycles. The van der Waals surface area contributed by atoms with Crippen molar-refractivity contribution in [3.63, 3.8) is 0 Å². The molecule has 0 aliphatic carbocycles. The van der Waals surface area contributed by atoms with Crippen LogP contribution in [0.2, 0.25) is 0 Å². The number of hydrogen-bond acceptors (Lipinski definition) is 4. The normalized spacial score (nSPS) is 20.9. The van der Waals surface area contributed by atoms with E-state index in [-0.39, 0.29) is 0 Å². The summed E-state index contributed by atoms with van der Waals surface area (Å²) in [6.45, 7) is 4.97. The number of thiazole rings is 1. The summed E-state index contributed by atoms with van der Waals surface area (Å²) in [6.07, 6.45) is 3.51. The van der Waals surface area contributed by atoms with Crippen LogP contribution in [0.3, 0.4) is 0 Å². The third kappa shape index (κ3) is 2.42. The minimum atomic E-state index is -0.452. The third-order valence-corrected chi connectivity index (χ3v) is 4.20. The van der Waals surface area contributed by atoms with Gasteiger partial charge in [-0.25, -0.2) is 4.98 Å². The van der Waals surface area contributed by atoms with Crippen LogP contribution >= 0.6 is 11.3 Å². The minimum Gasteiger partial charge on any atom is -0.314 e. The first-order valence-corrected chi connectivity index (χ1v) is 6.59. The highest BCUT2D eigenvalue weighted by Crippen LogP contribution is 2.26. The van der Waals surface area contributed by atoms with Crippen LogP contribution in [-0.4, -0.2) is 17.6 Å². The first-order chi connectivity index (χ1) is 7.62. The SMILES string of the molecule is CC(C)(C#N)c1nc(CC2CCCN2)cs1. The molecule has 1 unspecified atom stereocenters. The van der Waals surface area contributed by atoms with Gasteiger partial charge < -0.3 is 5.32 Å².